The third-order valence-corrected chi connectivity index (χ3v) is 5.34. The number of benzene rings is 2. The van der Waals surface area contributed by atoms with Crippen molar-refractivity contribution in [1.29, 1.82) is 5.26 Å². The van der Waals surface area contributed by atoms with E-state index in [-0.39, 0.29) is 6.04 Å². The molecule has 0 N–H and O–H groups in total. The van der Waals surface area contributed by atoms with Crippen molar-refractivity contribution in [3.63, 3.8) is 0 Å². The van der Waals surface area contributed by atoms with E-state index in [2.05, 4.69) is 20.7 Å². The normalized spacial score (nSPS) is 16.8. The molecule has 1 saturated heterocycles. The SMILES string of the molecule is [C-]#[N+]c1ccc(N(Cc2ccccc2Cl)[C@H]2CCN(CC#N)C2)cc1Cl. The number of likely N-dealkylation sites (tertiary alicyclic amines) is 1. The van der Waals surface area contributed by atoms with E-state index in [0.717, 1.165) is 35.8 Å². The molecule has 0 radical (unpaired) electrons. The zero-order valence-corrected chi connectivity index (χ0v) is 15.7. The third-order valence-electron chi connectivity index (χ3n) is 4.66. The molecule has 4 nitrogen and oxygen atoms in total. The van der Waals surface area contributed by atoms with E-state index < -0.39 is 0 Å². The van der Waals surface area contributed by atoms with Crippen LogP contribution in [-0.4, -0.2) is 30.6 Å². The summed E-state index contributed by atoms with van der Waals surface area (Å²) in [5, 5.41) is 10.1. The molecule has 6 heteroatoms. The molecule has 0 bridgehead atoms. The van der Waals surface area contributed by atoms with Crippen LogP contribution >= 0.6 is 23.2 Å². The van der Waals surface area contributed by atoms with Gasteiger partial charge < -0.3 is 4.90 Å². The topological polar surface area (TPSA) is 34.6 Å². The Morgan fingerprint density at radius 1 is 1.23 bits per heavy atom. The number of rotatable bonds is 5. The first-order valence-electron chi connectivity index (χ1n) is 8.38. The van der Waals surface area contributed by atoms with E-state index in [9.17, 15) is 0 Å². The number of halogens is 2. The van der Waals surface area contributed by atoms with Gasteiger partial charge in [-0.05, 0) is 30.2 Å². The summed E-state index contributed by atoms with van der Waals surface area (Å²) in [5.74, 6) is 0. The van der Waals surface area contributed by atoms with Gasteiger partial charge in [0.25, 0.3) is 0 Å². The predicted molar refractivity (Wildman–Crippen MR) is 106 cm³/mol. The summed E-state index contributed by atoms with van der Waals surface area (Å²) in [7, 11) is 0. The number of nitrogens with zero attached hydrogens (tertiary/aromatic N) is 4. The zero-order valence-electron chi connectivity index (χ0n) is 14.2. The van der Waals surface area contributed by atoms with Gasteiger partial charge in [0.2, 0.25) is 5.69 Å². The Kier molecular flexibility index (Phi) is 6.01. The standard InChI is InChI=1S/C20H18Cl2N4/c1-24-20-7-6-16(12-19(20)22)26(13-15-4-2-3-5-18(15)21)17-8-10-25(14-17)11-9-23/h2-7,12,17H,8,10-11,13-14H2/t17-/m0/s1. The summed E-state index contributed by atoms with van der Waals surface area (Å²) in [5.41, 5.74) is 2.45. The van der Waals surface area contributed by atoms with Crippen LogP contribution < -0.4 is 4.90 Å². The minimum Gasteiger partial charge on any atom is -0.363 e. The molecule has 1 fully saturated rings. The van der Waals surface area contributed by atoms with E-state index in [1.54, 1.807) is 6.07 Å². The summed E-state index contributed by atoms with van der Waals surface area (Å²) in [4.78, 5) is 7.86. The predicted octanol–water partition coefficient (Wildman–Crippen LogP) is 5.15. The van der Waals surface area contributed by atoms with Crippen molar-refractivity contribution in [1.82, 2.24) is 4.90 Å². The Morgan fingerprint density at radius 3 is 2.73 bits per heavy atom. The van der Waals surface area contributed by atoms with Gasteiger partial charge >= 0.3 is 0 Å². The Hall–Kier alpha value is -2.24. The fraction of sp³-hybridized carbons (Fsp3) is 0.300. The lowest BCUT2D eigenvalue weighted by molar-refractivity contribution is 0.373. The van der Waals surface area contributed by atoms with Gasteiger partial charge in [0.1, 0.15) is 0 Å². The van der Waals surface area contributed by atoms with Crippen molar-refractivity contribution in [3.05, 3.63) is 69.5 Å². The lowest BCUT2D eigenvalue weighted by Crippen LogP contribution is -2.37. The van der Waals surface area contributed by atoms with Gasteiger partial charge in [0.05, 0.1) is 19.2 Å². The lowest BCUT2D eigenvalue weighted by Gasteiger charge is -2.32. The molecule has 26 heavy (non-hydrogen) atoms. The second-order valence-corrected chi connectivity index (χ2v) is 7.12. The van der Waals surface area contributed by atoms with Crippen LogP contribution in [0, 0.1) is 17.9 Å². The summed E-state index contributed by atoms with van der Waals surface area (Å²) in [6.45, 7) is 9.98. The van der Waals surface area contributed by atoms with E-state index in [4.69, 9.17) is 35.0 Å². The van der Waals surface area contributed by atoms with Crippen molar-refractivity contribution >= 4 is 34.6 Å². The van der Waals surface area contributed by atoms with E-state index in [0.29, 0.717) is 23.8 Å². The maximum atomic E-state index is 8.97. The second-order valence-electron chi connectivity index (χ2n) is 6.30. The van der Waals surface area contributed by atoms with Gasteiger partial charge in [-0.2, -0.15) is 5.26 Å². The van der Waals surface area contributed by atoms with Gasteiger partial charge in [0.15, 0.2) is 0 Å². The molecule has 1 aliphatic rings. The molecule has 1 aliphatic heterocycles. The molecule has 1 atom stereocenters. The Morgan fingerprint density at radius 2 is 2.04 bits per heavy atom. The molecule has 0 aromatic heterocycles. The van der Waals surface area contributed by atoms with Crippen LogP contribution in [0.2, 0.25) is 10.0 Å². The molecule has 0 unspecified atom stereocenters. The van der Waals surface area contributed by atoms with Crippen LogP contribution in [0.1, 0.15) is 12.0 Å². The first kappa shape index (κ1) is 18.5. The molecule has 2 aromatic rings. The van der Waals surface area contributed by atoms with E-state index >= 15 is 0 Å². The fourth-order valence-electron chi connectivity index (χ4n) is 3.32. The average molecular weight is 385 g/mol. The first-order chi connectivity index (χ1) is 12.6. The molecule has 1 heterocycles. The Balaban J connectivity index is 1.92. The van der Waals surface area contributed by atoms with E-state index in [1.165, 1.54) is 0 Å². The molecule has 3 rings (SSSR count). The summed E-state index contributed by atoms with van der Waals surface area (Å²) < 4.78 is 0. The average Bonchev–Trinajstić information content (AvgIpc) is 3.09. The lowest BCUT2D eigenvalue weighted by atomic mass is 10.1. The maximum absolute atomic E-state index is 8.97. The van der Waals surface area contributed by atoms with Crippen LogP contribution in [0.3, 0.4) is 0 Å². The minimum atomic E-state index is 0.259. The van der Waals surface area contributed by atoms with Crippen molar-refractivity contribution in [2.45, 2.75) is 19.0 Å². The molecule has 0 saturated carbocycles. The smallest absolute Gasteiger partial charge is 0.205 e. The molecule has 132 valence electrons. The number of nitriles is 1. The van der Waals surface area contributed by atoms with Gasteiger partial charge in [-0.1, -0.05) is 47.5 Å². The number of hydrogen-bond acceptors (Lipinski definition) is 3. The fourth-order valence-corrected chi connectivity index (χ4v) is 3.73. The first-order valence-corrected chi connectivity index (χ1v) is 9.14. The van der Waals surface area contributed by atoms with Crippen molar-refractivity contribution in [2.75, 3.05) is 24.5 Å². The van der Waals surface area contributed by atoms with Crippen molar-refractivity contribution < 1.29 is 0 Å². The van der Waals surface area contributed by atoms with Crippen LogP contribution in [0.4, 0.5) is 11.4 Å². The summed E-state index contributed by atoms with van der Waals surface area (Å²) in [6, 6.07) is 15.8. The Labute approximate surface area is 164 Å². The monoisotopic (exact) mass is 384 g/mol. The molecular weight excluding hydrogens is 367 g/mol. The van der Waals surface area contributed by atoms with Gasteiger partial charge in [-0.3, -0.25) is 4.90 Å². The third kappa shape index (κ3) is 4.11. The van der Waals surface area contributed by atoms with Gasteiger partial charge in [-0.15, -0.1) is 0 Å². The maximum Gasteiger partial charge on any atom is 0.205 e. The minimum absolute atomic E-state index is 0.259. The largest absolute Gasteiger partial charge is 0.363 e. The Bertz CT molecular complexity index is 869. The van der Waals surface area contributed by atoms with Crippen LogP contribution in [0.25, 0.3) is 4.85 Å². The highest BCUT2D eigenvalue weighted by molar-refractivity contribution is 6.33. The van der Waals surface area contributed by atoms with Crippen molar-refractivity contribution in [2.24, 2.45) is 0 Å². The second kappa shape index (κ2) is 8.43. The number of hydrogen-bond donors (Lipinski definition) is 0. The highest BCUT2D eigenvalue weighted by atomic mass is 35.5. The number of anilines is 1. The molecular formula is C20H18Cl2N4. The highest BCUT2D eigenvalue weighted by Crippen LogP contribution is 2.33. The van der Waals surface area contributed by atoms with Crippen LogP contribution in [0.5, 0.6) is 0 Å². The van der Waals surface area contributed by atoms with Crippen LogP contribution in [0.15, 0.2) is 42.5 Å². The van der Waals surface area contributed by atoms with Gasteiger partial charge in [-0.25, -0.2) is 4.85 Å². The van der Waals surface area contributed by atoms with Gasteiger partial charge in [0, 0.05) is 41.4 Å². The zero-order chi connectivity index (χ0) is 18.5. The molecule has 0 spiro atoms. The van der Waals surface area contributed by atoms with Crippen molar-refractivity contribution in [3.8, 4) is 6.07 Å². The van der Waals surface area contributed by atoms with Crippen LogP contribution in [-0.2, 0) is 6.54 Å². The molecule has 2 aromatic carbocycles. The molecule has 0 aliphatic carbocycles. The summed E-state index contributed by atoms with van der Waals surface area (Å²) >= 11 is 12.6. The molecule has 0 amide bonds. The highest BCUT2D eigenvalue weighted by Gasteiger charge is 2.28. The van der Waals surface area contributed by atoms with E-state index in [1.807, 2.05) is 36.4 Å². The quantitative estimate of drug-likeness (QED) is 0.528. The summed E-state index contributed by atoms with van der Waals surface area (Å²) in [6.07, 6.45) is 0.967.